The van der Waals surface area contributed by atoms with Gasteiger partial charge in [-0.25, -0.2) is 9.79 Å². The second-order valence-corrected chi connectivity index (χ2v) is 10.0. The highest BCUT2D eigenvalue weighted by molar-refractivity contribution is 7.07. The Labute approximate surface area is 230 Å². The predicted molar refractivity (Wildman–Crippen MR) is 150 cm³/mol. The SMILES string of the molecule is CCOC(=O)C1=C(C)N=c2s/c(=C/c3ccc(N(C)C)cc3)c(=O)n2[C@H]1c1ccc(OC(C)=O)c(OCC)c1. The van der Waals surface area contributed by atoms with E-state index in [0.717, 1.165) is 11.3 Å². The number of carbonyl (C=O) groups is 2. The lowest BCUT2D eigenvalue weighted by Crippen LogP contribution is -2.40. The lowest BCUT2D eigenvalue weighted by Gasteiger charge is -2.25. The Hall–Kier alpha value is -4.18. The van der Waals surface area contributed by atoms with Crippen LogP contribution < -0.4 is 29.3 Å². The van der Waals surface area contributed by atoms with E-state index in [-0.39, 0.29) is 23.5 Å². The number of hydrogen-bond acceptors (Lipinski definition) is 9. The number of benzene rings is 2. The van der Waals surface area contributed by atoms with E-state index in [4.69, 9.17) is 14.2 Å². The van der Waals surface area contributed by atoms with Gasteiger partial charge in [0.25, 0.3) is 5.56 Å². The molecule has 10 heteroatoms. The van der Waals surface area contributed by atoms with Gasteiger partial charge in [0.15, 0.2) is 16.3 Å². The molecule has 0 unspecified atom stereocenters. The summed E-state index contributed by atoms with van der Waals surface area (Å²) in [5.74, 6) is -0.469. The molecule has 0 spiro atoms. The smallest absolute Gasteiger partial charge is 0.338 e. The molecule has 1 atom stereocenters. The van der Waals surface area contributed by atoms with Crippen LogP contribution in [0.2, 0.25) is 0 Å². The van der Waals surface area contributed by atoms with Crippen LogP contribution in [0.5, 0.6) is 11.5 Å². The molecule has 1 aliphatic rings. The van der Waals surface area contributed by atoms with Gasteiger partial charge in [-0.05, 0) is 62.2 Å². The van der Waals surface area contributed by atoms with Gasteiger partial charge in [0.2, 0.25) is 0 Å². The van der Waals surface area contributed by atoms with Crippen molar-refractivity contribution in [3.8, 4) is 11.5 Å². The van der Waals surface area contributed by atoms with E-state index in [1.807, 2.05) is 56.3 Å². The van der Waals surface area contributed by atoms with Crippen LogP contribution >= 0.6 is 11.3 Å². The summed E-state index contributed by atoms with van der Waals surface area (Å²) in [5, 5.41) is 0. The second-order valence-electron chi connectivity index (χ2n) is 9.02. The third-order valence-electron chi connectivity index (χ3n) is 6.06. The van der Waals surface area contributed by atoms with Gasteiger partial charge in [0.05, 0.1) is 35.1 Å². The number of carbonyl (C=O) groups excluding carboxylic acids is 2. The van der Waals surface area contributed by atoms with E-state index in [9.17, 15) is 14.4 Å². The number of rotatable bonds is 8. The number of fused-ring (bicyclic) bond motifs is 1. The second kappa shape index (κ2) is 11.7. The molecular formula is C29H31N3O6S. The Balaban J connectivity index is 1.92. The largest absolute Gasteiger partial charge is 0.490 e. The minimum atomic E-state index is -0.816. The Morgan fingerprint density at radius 1 is 1.08 bits per heavy atom. The van der Waals surface area contributed by atoms with Crippen molar-refractivity contribution in [2.45, 2.75) is 33.7 Å². The summed E-state index contributed by atoms with van der Waals surface area (Å²) in [6.07, 6.45) is 1.82. The number of hydrogen-bond donors (Lipinski definition) is 0. The molecule has 0 radical (unpaired) electrons. The molecule has 0 fully saturated rings. The zero-order valence-corrected chi connectivity index (χ0v) is 23.6. The average Bonchev–Trinajstić information content (AvgIpc) is 3.18. The van der Waals surface area contributed by atoms with E-state index < -0.39 is 18.0 Å². The molecule has 4 rings (SSSR count). The summed E-state index contributed by atoms with van der Waals surface area (Å²) in [6.45, 7) is 7.07. The summed E-state index contributed by atoms with van der Waals surface area (Å²) >= 11 is 1.25. The lowest BCUT2D eigenvalue weighted by atomic mass is 9.95. The zero-order chi connectivity index (χ0) is 28.3. The highest BCUT2D eigenvalue weighted by atomic mass is 32.1. The van der Waals surface area contributed by atoms with Gasteiger partial charge in [0, 0.05) is 26.7 Å². The van der Waals surface area contributed by atoms with Gasteiger partial charge in [-0.3, -0.25) is 14.2 Å². The van der Waals surface area contributed by atoms with Crippen LogP contribution in [0.25, 0.3) is 6.08 Å². The van der Waals surface area contributed by atoms with Crippen molar-refractivity contribution in [2.75, 3.05) is 32.2 Å². The highest BCUT2D eigenvalue weighted by Crippen LogP contribution is 2.36. The summed E-state index contributed by atoms with van der Waals surface area (Å²) < 4.78 is 18.4. The molecule has 0 bridgehead atoms. The number of anilines is 1. The highest BCUT2D eigenvalue weighted by Gasteiger charge is 2.34. The number of thiazole rings is 1. The summed E-state index contributed by atoms with van der Waals surface area (Å²) in [5.41, 5.74) is 2.95. The molecule has 0 saturated carbocycles. The summed E-state index contributed by atoms with van der Waals surface area (Å²) in [4.78, 5) is 45.7. The van der Waals surface area contributed by atoms with Crippen molar-refractivity contribution < 1.29 is 23.8 Å². The maximum Gasteiger partial charge on any atom is 0.338 e. The van der Waals surface area contributed by atoms with Crippen LogP contribution in [0.1, 0.15) is 44.9 Å². The van der Waals surface area contributed by atoms with Gasteiger partial charge < -0.3 is 19.1 Å². The number of aromatic nitrogens is 1. The summed E-state index contributed by atoms with van der Waals surface area (Å²) in [7, 11) is 3.93. The van der Waals surface area contributed by atoms with Crippen LogP contribution in [0.3, 0.4) is 0 Å². The fourth-order valence-corrected chi connectivity index (χ4v) is 5.38. The first kappa shape index (κ1) is 27.8. The number of esters is 2. The Bertz CT molecular complexity index is 1620. The van der Waals surface area contributed by atoms with Crippen molar-refractivity contribution in [3.63, 3.8) is 0 Å². The quantitative estimate of drug-likeness (QED) is 0.314. The Morgan fingerprint density at radius 2 is 1.79 bits per heavy atom. The molecule has 0 amide bonds. The molecule has 204 valence electrons. The minimum absolute atomic E-state index is 0.172. The first-order chi connectivity index (χ1) is 18.6. The number of nitrogens with zero attached hydrogens (tertiary/aromatic N) is 3. The van der Waals surface area contributed by atoms with Gasteiger partial charge >= 0.3 is 11.9 Å². The Kier molecular flexibility index (Phi) is 8.35. The van der Waals surface area contributed by atoms with Crippen LogP contribution in [-0.2, 0) is 14.3 Å². The number of allylic oxidation sites excluding steroid dienone is 1. The maximum atomic E-state index is 13.8. The maximum absolute atomic E-state index is 13.8. The molecular weight excluding hydrogens is 518 g/mol. The third-order valence-corrected chi connectivity index (χ3v) is 7.04. The Morgan fingerprint density at radius 3 is 2.41 bits per heavy atom. The van der Waals surface area contributed by atoms with E-state index in [2.05, 4.69) is 4.99 Å². The van der Waals surface area contributed by atoms with Crippen molar-refractivity contribution in [3.05, 3.63) is 84.5 Å². The molecule has 0 N–H and O–H groups in total. The van der Waals surface area contributed by atoms with Gasteiger partial charge in [-0.15, -0.1) is 0 Å². The van der Waals surface area contributed by atoms with E-state index in [1.54, 1.807) is 32.0 Å². The molecule has 1 aromatic heterocycles. The summed E-state index contributed by atoms with van der Waals surface area (Å²) in [6, 6.07) is 12.0. The molecule has 39 heavy (non-hydrogen) atoms. The average molecular weight is 550 g/mol. The molecule has 2 aromatic carbocycles. The van der Waals surface area contributed by atoms with Crippen LogP contribution in [-0.4, -0.2) is 43.8 Å². The number of ether oxygens (including phenoxy) is 3. The van der Waals surface area contributed by atoms with Crippen LogP contribution in [0.4, 0.5) is 5.69 Å². The van der Waals surface area contributed by atoms with Crippen molar-refractivity contribution in [2.24, 2.45) is 4.99 Å². The lowest BCUT2D eigenvalue weighted by molar-refractivity contribution is -0.139. The fourth-order valence-electron chi connectivity index (χ4n) is 4.33. The monoisotopic (exact) mass is 549 g/mol. The van der Waals surface area contributed by atoms with Crippen LogP contribution in [0.15, 0.2) is 63.5 Å². The third kappa shape index (κ3) is 5.80. The van der Waals surface area contributed by atoms with Crippen molar-refractivity contribution in [1.29, 1.82) is 0 Å². The molecule has 3 aromatic rings. The van der Waals surface area contributed by atoms with Crippen molar-refractivity contribution >= 4 is 35.0 Å². The predicted octanol–water partition coefficient (Wildman–Crippen LogP) is 3.19. The first-order valence-corrected chi connectivity index (χ1v) is 13.4. The zero-order valence-electron chi connectivity index (χ0n) is 22.8. The molecule has 2 heterocycles. The van der Waals surface area contributed by atoms with E-state index >= 15 is 0 Å². The molecule has 0 aliphatic carbocycles. The van der Waals surface area contributed by atoms with E-state index in [0.29, 0.717) is 33.0 Å². The first-order valence-electron chi connectivity index (χ1n) is 12.6. The normalized spacial score (nSPS) is 14.9. The van der Waals surface area contributed by atoms with Crippen molar-refractivity contribution in [1.82, 2.24) is 4.57 Å². The minimum Gasteiger partial charge on any atom is -0.490 e. The van der Waals surface area contributed by atoms with Crippen LogP contribution in [0, 0.1) is 0 Å². The fraction of sp³-hybridized carbons (Fsp3) is 0.310. The standard InChI is InChI=1S/C29H31N3O6S/c1-7-36-23-16-20(11-14-22(23)38-18(4)33)26-25(28(35)37-8-2)17(3)30-29-32(26)27(34)24(39-29)15-19-9-12-21(13-10-19)31(5)6/h9-16,26H,7-8H2,1-6H3/b24-15+/t26-/m0/s1. The molecule has 9 nitrogen and oxygen atoms in total. The van der Waals surface area contributed by atoms with E-state index in [1.165, 1.54) is 22.8 Å². The van der Waals surface area contributed by atoms with Gasteiger partial charge in [-0.2, -0.15) is 0 Å². The topological polar surface area (TPSA) is 99.4 Å². The molecule has 1 aliphatic heterocycles. The molecule has 0 saturated heterocycles. The van der Waals surface area contributed by atoms with Gasteiger partial charge in [0.1, 0.15) is 0 Å². The van der Waals surface area contributed by atoms with Gasteiger partial charge in [-0.1, -0.05) is 29.5 Å².